The Morgan fingerprint density at radius 3 is 2.09 bits per heavy atom. The van der Waals surface area contributed by atoms with Gasteiger partial charge in [-0.15, -0.1) is 0 Å². The molecule has 7 aliphatic rings. The van der Waals surface area contributed by atoms with Gasteiger partial charge in [-0.1, -0.05) is 32.6 Å². The molecule has 5 nitrogen and oxygen atoms in total. The number of halogens is 3. The van der Waals surface area contributed by atoms with E-state index in [0.29, 0.717) is 30.6 Å². The Morgan fingerprint density at radius 2 is 1.57 bits per heavy atom. The largest absolute Gasteiger partial charge is 0.459 e. The summed E-state index contributed by atoms with van der Waals surface area (Å²) in [6.07, 6.45) is 2.31. The van der Waals surface area contributed by atoms with Crippen molar-refractivity contribution in [3.05, 3.63) is 0 Å². The zero-order valence-electron chi connectivity index (χ0n) is 21.5. The third kappa shape index (κ3) is 4.72. The fourth-order valence-electron chi connectivity index (χ4n) is 8.35. The van der Waals surface area contributed by atoms with Crippen molar-refractivity contribution in [2.45, 2.75) is 114 Å². The van der Waals surface area contributed by atoms with Crippen LogP contribution in [0.1, 0.15) is 64.2 Å². The van der Waals surface area contributed by atoms with Crippen LogP contribution in [0, 0.1) is 35.5 Å². The first-order chi connectivity index (χ1) is 16.1. The van der Waals surface area contributed by atoms with Gasteiger partial charge in [0.25, 0.3) is 5.79 Å². The zero-order valence-corrected chi connectivity index (χ0v) is 22.5. The molecule has 6 unspecified atom stereocenters. The smallest absolute Gasteiger partial charge is 0.443 e. The minimum Gasteiger partial charge on any atom is -0.459 e. The van der Waals surface area contributed by atoms with Crippen molar-refractivity contribution in [1.82, 2.24) is 0 Å². The second-order valence-electron chi connectivity index (χ2n) is 14.0. The van der Waals surface area contributed by atoms with Gasteiger partial charge in [-0.3, -0.25) is 4.79 Å². The lowest BCUT2D eigenvalue weighted by molar-refractivity contribution is -0.444. The van der Waals surface area contributed by atoms with Gasteiger partial charge in [-0.05, 0) is 81.0 Å². The predicted molar refractivity (Wildman–Crippen MR) is 126 cm³/mol. The number of carbonyl (C=O) groups is 1. The van der Waals surface area contributed by atoms with E-state index in [1.54, 1.807) is 0 Å². The number of alkyl halides is 3. The summed E-state index contributed by atoms with van der Waals surface area (Å²) in [6, 6.07) is 0. The Balaban J connectivity index is 0.000000464. The lowest BCUT2D eigenvalue weighted by atomic mass is 9.47. The van der Waals surface area contributed by atoms with Crippen LogP contribution in [-0.2, 0) is 19.0 Å². The molecule has 0 amide bonds. The Bertz CT molecular complexity index is 820. The van der Waals surface area contributed by atoms with E-state index in [0.717, 1.165) is 38.5 Å². The first kappa shape index (κ1) is 26.0. The topological polar surface area (TPSA) is 65.0 Å². The third-order valence-corrected chi connectivity index (χ3v) is 9.46. The van der Waals surface area contributed by atoms with Crippen molar-refractivity contribution in [3.63, 3.8) is 0 Å². The monoisotopic (exact) mass is 518 g/mol. The van der Waals surface area contributed by atoms with Crippen LogP contribution in [0.3, 0.4) is 0 Å². The first-order valence-electron chi connectivity index (χ1n) is 13.4. The number of rotatable bonds is 2. The van der Waals surface area contributed by atoms with Crippen molar-refractivity contribution in [2.24, 2.45) is 35.5 Å². The van der Waals surface area contributed by atoms with Gasteiger partial charge in [0.05, 0.1) is 11.5 Å². The minimum absolute atomic E-state index is 0.000339. The van der Waals surface area contributed by atoms with Crippen molar-refractivity contribution in [3.8, 4) is 0 Å². The summed E-state index contributed by atoms with van der Waals surface area (Å²) in [7, 11) is -0.611. The summed E-state index contributed by atoms with van der Waals surface area (Å²) in [5.74, 6) is -2.13. The van der Waals surface area contributed by atoms with Gasteiger partial charge in [0.1, 0.15) is 5.60 Å². The van der Waals surface area contributed by atoms with Gasteiger partial charge in [0.2, 0.25) is 0 Å². The molecule has 6 saturated carbocycles. The Kier molecular flexibility index (Phi) is 6.26. The van der Waals surface area contributed by atoms with Crippen LogP contribution >= 0.6 is 0 Å². The van der Waals surface area contributed by atoms with Crippen molar-refractivity contribution >= 4 is 14.0 Å². The maximum Gasteiger partial charge on any atom is 0.443 e. The van der Waals surface area contributed by atoms with E-state index >= 15 is 0 Å². The number of hydrogen-bond acceptors (Lipinski definition) is 5. The van der Waals surface area contributed by atoms with Crippen LogP contribution in [0.2, 0.25) is 26.2 Å². The summed E-state index contributed by atoms with van der Waals surface area (Å²) in [5.41, 5.74) is -1.62. The Morgan fingerprint density at radius 1 is 0.943 bits per heavy atom. The number of hydrogen-bond donors (Lipinski definition) is 1. The highest BCUT2D eigenvalue weighted by Gasteiger charge is 2.71. The Labute approximate surface area is 207 Å². The highest BCUT2D eigenvalue weighted by Crippen LogP contribution is 2.65. The summed E-state index contributed by atoms with van der Waals surface area (Å²) >= 11 is 0. The molecule has 7 rings (SSSR count). The van der Waals surface area contributed by atoms with Gasteiger partial charge in [0, 0.05) is 14.5 Å². The highest BCUT2D eigenvalue weighted by molar-refractivity contribution is 6.74. The van der Waals surface area contributed by atoms with Crippen molar-refractivity contribution in [1.29, 1.82) is 0 Å². The van der Waals surface area contributed by atoms with Gasteiger partial charge >= 0.3 is 12.1 Å². The molecule has 1 heterocycles. The van der Waals surface area contributed by atoms with Gasteiger partial charge in [-0.2, -0.15) is 13.2 Å². The van der Waals surface area contributed by atoms with Crippen LogP contribution in [-0.4, -0.2) is 49.1 Å². The predicted octanol–water partition coefficient (Wildman–Crippen LogP) is 5.88. The molecule has 1 spiro atoms. The number of esters is 1. The number of aliphatic hydroxyl groups is 1. The Hall–Kier alpha value is -0.643. The second-order valence-corrected chi connectivity index (χ2v) is 20.0. The van der Waals surface area contributed by atoms with E-state index in [4.69, 9.17) is 9.47 Å². The highest BCUT2D eigenvalue weighted by atomic mass is 28.3. The maximum absolute atomic E-state index is 13.5. The van der Waals surface area contributed by atoms with E-state index in [9.17, 15) is 23.1 Å². The minimum atomic E-state index is -4.87. The molecule has 6 atom stereocenters. The van der Waals surface area contributed by atoms with E-state index in [1.807, 2.05) is 0 Å². The molecule has 6 aliphatic carbocycles. The number of carbonyl (C=O) groups excluding carboxylic acids is 1. The summed E-state index contributed by atoms with van der Waals surface area (Å²) < 4.78 is 57.4. The second kappa shape index (κ2) is 8.43. The van der Waals surface area contributed by atoms with E-state index < -0.39 is 44.5 Å². The van der Waals surface area contributed by atoms with E-state index in [1.165, 1.54) is 6.42 Å². The number of ether oxygens (including phenoxy) is 3. The van der Waals surface area contributed by atoms with Gasteiger partial charge in [0.15, 0.2) is 6.79 Å². The lowest BCUT2D eigenvalue weighted by Crippen LogP contribution is -2.70. The maximum atomic E-state index is 13.5. The van der Waals surface area contributed by atoms with Crippen molar-refractivity contribution in [2.75, 3.05) is 6.79 Å². The quantitative estimate of drug-likeness (QED) is 0.365. The summed E-state index contributed by atoms with van der Waals surface area (Å²) in [4.78, 5) is 13.1. The average molecular weight is 519 g/mol. The molecule has 7 fully saturated rings. The molecule has 200 valence electrons. The molecule has 0 aromatic heterocycles. The average Bonchev–Trinajstić information content (AvgIpc) is 3.33. The summed E-state index contributed by atoms with van der Waals surface area (Å²) in [6.45, 7) is 8.74. The summed E-state index contributed by atoms with van der Waals surface area (Å²) in [5, 5.41) is 10.3. The SMILES string of the molecule is C[Si](C)(C)C.O=C(OC12CC3CC(C1)C1(CC(O)(C(F)(F)F)OCO1)C(C3)C2)C1CC2CCC1C2. The molecule has 1 N–H and O–H groups in total. The van der Waals surface area contributed by atoms with Gasteiger partial charge in [-0.25, -0.2) is 0 Å². The normalized spacial score (nSPS) is 48.1. The standard InChI is InChI=1S/C22H29F3O5.C4H12Si/c23-22(24,25)21(27)10-20(28-11-29-21)15-4-13-5-16(20)9-19(7-13,8-15)30-18(26)17-6-12-1-2-14(17)3-12;1-5(2,3)4/h12-17,27H,1-11H2;1-4H3. The van der Waals surface area contributed by atoms with Crippen LogP contribution in [0.5, 0.6) is 0 Å². The fourth-order valence-corrected chi connectivity index (χ4v) is 8.35. The first-order valence-corrected chi connectivity index (χ1v) is 17.4. The van der Waals surface area contributed by atoms with Crippen LogP contribution in [0.15, 0.2) is 0 Å². The molecule has 0 aromatic rings. The molecule has 0 radical (unpaired) electrons. The molecule has 0 aromatic carbocycles. The van der Waals surface area contributed by atoms with Crippen molar-refractivity contribution < 1.29 is 37.3 Å². The zero-order chi connectivity index (χ0) is 25.4. The van der Waals surface area contributed by atoms with Crippen LogP contribution in [0.25, 0.3) is 0 Å². The molecule has 1 aliphatic heterocycles. The third-order valence-electron chi connectivity index (χ3n) is 9.46. The molecule has 9 heteroatoms. The molecule has 35 heavy (non-hydrogen) atoms. The van der Waals surface area contributed by atoms with E-state index in [2.05, 4.69) is 30.9 Å². The number of fused-ring (bicyclic) bond motifs is 2. The molecular weight excluding hydrogens is 477 g/mol. The molecular formula is C26H41F3O5Si. The molecule has 1 saturated heterocycles. The molecule has 6 bridgehead atoms. The lowest BCUT2D eigenvalue weighted by Gasteiger charge is -2.66. The van der Waals surface area contributed by atoms with Crippen LogP contribution in [0.4, 0.5) is 13.2 Å². The van der Waals surface area contributed by atoms with E-state index in [-0.39, 0.29) is 23.7 Å². The fraction of sp³-hybridized carbons (Fsp3) is 0.962. The van der Waals surface area contributed by atoms with Crippen LogP contribution < -0.4 is 0 Å². The van der Waals surface area contributed by atoms with Gasteiger partial charge < -0.3 is 19.3 Å².